The van der Waals surface area contributed by atoms with E-state index in [9.17, 15) is 9.59 Å². The number of hydrogen-bond donors (Lipinski definition) is 1. The molecule has 2 heterocycles. The summed E-state index contributed by atoms with van der Waals surface area (Å²) in [4.78, 5) is 28.6. The van der Waals surface area contributed by atoms with Crippen LogP contribution in [0.15, 0.2) is 17.5 Å². The molecule has 7 heteroatoms. The van der Waals surface area contributed by atoms with Crippen molar-refractivity contribution in [3.05, 3.63) is 22.4 Å². The molecule has 1 unspecified atom stereocenters. The van der Waals surface area contributed by atoms with E-state index in [4.69, 9.17) is 5.73 Å². The van der Waals surface area contributed by atoms with Crippen molar-refractivity contribution < 1.29 is 9.59 Å². The molecule has 0 radical (unpaired) electrons. The van der Waals surface area contributed by atoms with Crippen LogP contribution in [0.4, 0.5) is 0 Å². The van der Waals surface area contributed by atoms with Gasteiger partial charge in [-0.1, -0.05) is 19.4 Å². The van der Waals surface area contributed by atoms with Crippen LogP contribution in [0.5, 0.6) is 0 Å². The van der Waals surface area contributed by atoms with Gasteiger partial charge >= 0.3 is 0 Å². The summed E-state index contributed by atoms with van der Waals surface area (Å²) in [6.45, 7) is 4.34. The van der Waals surface area contributed by atoms with E-state index in [0.717, 1.165) is 11.3 Å². The van der Waals surface area contributed by atoms with Crippen LogP contribution in [0.25, 0.3) is 0 Å². The van der Waals surface area contributed by atoms with Crippen LogP contribution in [0.3, 0.4) is 0 Å². The Morgan fingerprint density at radius 2 is 1.90 bits per heavy atom. The summed E-state index contributed by atoms with van der Waals surface area (Å²) in [6.07, 6.45) is 1.62. The number of amides is 2. The molecule has 2 amide bonds. The number of rotatable bonds is 4. The first kappa shape index (κ1) is 17.9. The van der Waals surface area contributed by atoms with Crippen molar-refractivity contribution in [3.8, 4) is 0 Å². The number of carbonyl (C=O) groups excluding carboxylic acids is 2. The molecule has 1 aromatic rings. The van der Waals surface area contributed by atoms with Crippen LogP contribution in [-0.4, -0.2) is 53.8 Å². The summed E-state index contributed by atoms with van der Waals surface area (Å²) < 4.78 is 0. The lowest BCUT2D eigenvalue weighted by atomic mass is 10.1. The molecule has 2 N–H and O–H groups in total. The van der Waals surface area contributed by atoms with Crippen LogP contribution >= 0.6 is 23.7 Å². The molecule has 0 bridgehead atoms. The fourth-order valence-electron chi connectivity index (χ4n) is 2.36. The Hall–Kier alpha value is -1.11. The Balaban J connectivity index is 0.00000220. The summed E-state index contributed by atoms with van der Waals surface area (Å²) in [5, 5.41) is 1.90. The molecule has 1 fully saturated rings. The van der Waals surface area contributed by atoms with Crippen molar-refractivity contribution in [3.63, 3.8) is 0 Å². The second-order valence-corrected chi connectivity index (χ2v) is 5.94. The molecule has 0 saturated carbocycles. The second kappa shape index (κ2) is 8.36. The Bertz CT molecular complexity index is 459. The normalized spacial score (nSPS) is 16.3. The van der Waals surface area contributed by atoms with Crippen molar-refractivity contribution in [1.29, 1.82) is 0 Å². The predicted octanol–water partition coefficient (Wildman–Crippen LogP) is 1.58. The Morgan fingerprint density at radius 3 is 2.43 bits per heavy atom. The van der Waals surface area contributed by atoms with Gasteiger partial charge in [0.2, 0.25) is 5.91 Å². The van der Waals surface area contributed by atoms with Crippen molar-refractivity contribution in [1.82, 2.24) is 9.80 Å². The number of hydrogen-bond acceptors (Lipinski definition) is 4. The molecular weight excluding hydrogens is 310 g/mol. The molecule has 0 spiro atoms. The maximum absolute atomic E-state index is 12.2. The third-order valence-corrected chi connectivity index (χ3v) is 4.39. The lowest BCUT2D eigenvalue weighted by molar-refractivity contribution is -0.134. The molecule has 21 heavy (non-hydrogen) atoms. The minimum atomic E-state index is -0.403. The quantitative estimate of drug-likeness (QED) is 0.911. The van der Waals surface area contributed by atoms with Gasteiger partial charge in [-0.05, 0) is 17.9 Å². The molecule has 0 aliphatic carbocycles. The number of piperazine rings is 1. The molecule has 5 nitrogen and oxygen atoms in total. The largest absolute Gasteiger partial charge is 0.338 e. The van der Waals surface area contributed by atoms with Gasteiger partial charge in [0.1, 0.15) is 0 Å². The third-order valence-electron chi connectivity index (χ3n) is 3.53. The Morgan fingerprint density at radius 1 is 1.29 bits per heavy atom. The number of thiophene rings is 1. The molecule has 1 saturated heterocycles. The average Bonchev–Trinajstić information content (AvgIpc) is 3.00. The highest BCUT2D eigenvalue weighted by Gasteiger charge is 2.27. The molecule has 118 valence electrons. The van der Waals surface area contributed by atoms with Gasteiger partial charge in [-0.2, -0.15) is 0 Å². The smallest absolute Gasteiger partial charge is 0.264 e. The van der Waals surface area contributed by atoms with Gasteiger partial charge in [-0.3, -0.25) is 9.59 Å². The van der Waals surface area contributed by atoms with Gasteiger partial charge < -0.3 is 15.5 Å². The van der Waals surface area contributed by atoms with Crippen LogP contribution in [-0.2, 0) is 4.79 Å². The maximum Gasteiger partial charge on any atom is 0.264 e. The average molecular weight is 332 g/mol. The SMILES string of the molecule is CCCC(N)C(=O)N1CCN(C(=O)c2cccs2)CC1.Cl. The van der Waals surface area contributed by atoms with Gasteiger partial charge in [-0.25, -0.2) is 0 Å². The van der Waals surface area contributed by atoms with E-state index < -0.39 is 6.04 Å². The molecule has 1 atom stereocenters. The van der Waals surface area contributed by atoms with Crippen LogP contribution in [0.1, 0.15) is 29.4 Å². The van der Waals surface area contributed by atoms with Crippen LogP contribution in [0, 0.1) is 0 Å². The molecule has 2 rings (SSSR count). The van der Waals surface area contributed by atoms with Gasteiger partial charge in [0.05, 0.1) is 10.9 Å². The molecule has 0 aromatic carbocycles. The number of nitrogens with zero attached hydrogens (tertiary/aromatic N) is 2. The van der Waals surface area contributed by atoms with E-state index in [-0.39, 0.29) is 24.2 Å². The Labute approximate surface area is 135 Å². The lowest BCUT2D eigenvalue weighted by Gasteiger charge is -2.35. The van der Waals surface area contributed by atoms with E-state index in [1.807, 2.05) is 24.4 Å². The molecule has 1 aliphatic rings. The van der Waals surface area contributed by atoms with E-state index in [1.54, 1.807) is 9.80 Å². The molecular formula is C14H22ClN3O2S. The topological polar surface area (TPSA) is 66.6 Å². The lowest BCUT2D eigenvalue weighted by Crippen LogP contribution is -2.54. The summed E-state index contributed by atoms with van der Waals surface area (Å²) in [5.74, 6) is 0.0695. The highest BCUT2D eigenvalue weighted by molar-refractivity contribution is 7.12. The highest BCUT2D eigenvalue weighted by atomic mass is 35.5. The highest BCUT2D eigenvalue weighted by Crippen LogP contribution is 2.14. The standard InChI is InChI=1S/C14H21N3O2S.ClH/c1-2-4-11(15)13(18)16-6-8-17(9-7-16)14(19)12-5-3-10-20-12;/h3,5,10-11H,2,4,6-9,15H2,1H3;1H. The Kier molecular flexibility index (Phi) is 7.14. The van der Waals surface area contributed by atoms with Gasteiger partial charge in [0.25, 0.3) is 5.91 Å². The summed E-state index contributed by atoms with van der Waals surface area (Å²) in [5.41, 5.74) is 5.86. The zero-order valence-electron chi connectivity index (χ0n) is 12.2. The monoisotopic (exact) mass is 331 g/mol. The minimum absolute atomic E-state index is 0. The second-order valence-electron chi connectivity index (χ2n) is 4.99. The van der Waals surface area contributed by atoms with Gasteiger partial charge in [-0.15, -0.1) is 23.7 Å². The van der Waals surface area contributed by atoms with Crippen LogP contribution < -0.4 is 5.73 Å². The fourth-order valence-corrected chi connectivity index (χ4v) is 3.05. The predicted molar refractivity (Wildman–Crippen MR) is 86.9 cm³/mol. The van der Waals surface area contributed by atoms with Crippen molar-refractivity contribution in [2.24, 2.45) is 5.73 Å². The van der Waals surface area contributed by atoms with Gasteiger partial charge in [0.15, 0.2) is 0 Å². The fraction of sp³-hybridized carbons (Fsp3) is 0.571. The van der Waals surface area contributed by atoms with Crippen molar-refractivity contribution in [2.45, 2.75) is 25.8 Å². The number of carbonyl (C=O) groups is 2. The van der Waals surface area contributed by atoms with Crippen molar-refractivity contribution in [2.75, 3.05) is 26.2 Å². The summed E-state index contributed by atoms with van der Waals surface area (Å²) in [7, 11) is 0. The summed E-state index contributed by atoms with van der Waals surface area (Å²) in [6, 6.07) is 3.31. The molecule has 1 aliphatic heterocycles. The zero-order valence-corrected chi connectivity index (χ0v) is 13.8. The van der Waals surface area contributed by atoms with E-state index in [1.165, 1.54) is 11.3 Å². The van der Waals surface area contributed by atoms with Crippen molar-refractivity contribution >= 4 is 35.6 Å². The first-order valence-electron chi connectivity index (χ1n) is 7.00. The number of halogens is 1. The van der Waals surface area contributed by atoms with E-state index in [2.05, 4.69) is 0 Å². The van der Waals surface area contributed by atoms with Crippen LogP contribution in [0.2, 0.25) is 0 Å². The third kappa shape index (κ3) is 4.43. The minimum Gasteiger partial charge on any atom is -0.338 e. The van der Waals surface area contributed by atoms with E-state index >= 15 is 0 Å². The first-order chi connectivity index (χ1) is 9.63. The number of nitrogens with two attached hydrogens (primary N) is 1. The summed E-state index contributed by atoms with van der Waals surface area (Å²) >= 11 is 1.45. The zero-order chi connectivity index (χ0) is 14.5. The molecule has 1 aromatic heterocycles. The first-order valence-corrected chi connectivity index (χ1v) is 7.88. The maximum atomic E-state index is 12.2. The van der Waals surface area contributed by atoms with E-state index in [0.29, 0.717) is 32.6 Å². The van der Waals surface area contributed by atoms with Gasteiger partial charge in [0, 0.05) is 26.2 Å².